The van der Waals surface area contributed by atoms with E-state index in [1.54, 1.807) is 0 Å². The molecule has 2 aromatic heterocycles. The molecule has 0 spiro atoms. The van der Waals surface area contributed by atoms with E-state index >= 15 is 0 Å². The molecule has 3 rings (SSSR count). The van der Waals surface area contributed by atoms with Crippen LogP contribution in [0.3, 0.4) is 0 Å². The van der Waals surface area contributed by atoms with Crippen LogP contribution in [0.5, 0.6) is 5.75 Å². The zero-order chi connectivity index (χ0) is 18.4. The van der Waals surface area contributed by atoms with Gasteiger partial charge in [-0.3, -0.25) is 0 Å². The van der Waals surface area contributed by atoms with Gasteiger partial charge in [0.25, 0.3) is 0 Å². The topological polar surface area (TPSA) is 78.3 Å². The Hall–Kier alpha value is -2.98. The molecule has 0 unspecified atom stereocenters. The smallest absolute Gasteiger partial charge is 0.406 e. The quantitative estimate of drug-likeness (QED) is 0.726. The van der Waals surface area contributed by atoms with Crippen LogP contribution in [-0.2, 0) is 5.92 Å². The Kier molecular flexibility index (Phi) is 3.73. The lowest BCUT2D eigenvalue weighted by Gasteiger charge is -2.11. The fraction of sp³-hybridized carbons (Fsp3) is 0.214. The van der Waals surface area contributed by atoms with Crippen molar-refractivity contribution in [1.29, 1.82) is 0 Å². The van der Waals surface area contributed by atoms with Crippen LogP contribution in [0, 0.1) is 0 Å². The van der Waals surface area contributed by atoms with E-state index in [4.69, 9.17) is 5.73 Å². The molecule has 132 valence electrons. The summed E-state index contributed by atoms with van der Waals surface area (Å²) >= 11 is 0. The van der Waals surface area contributed by atoms with Crippen LogP contribution in [0.25, 0.3) is 16.9 Å². The Morgan fingerprint density at radius 1 is 1.04 bits per heavy atom. The molecule has 0 atom stereocenters. The van der Waals surface area contributed by atoms with Gasteiger partial charge in [0.1, 0.15) is 11.4 Å². The lowest BCUT2D eigenvalue weighted by Crippen LogP contribution is -2.17. The number of benzene rings is 1. The average molecular weight is 359 g/mol. The van der Waals surface area contributed by atoms with Crippen molar-refractivity contribution in [2.24, 2.45) is 0 Å². The maximum Gasteiger partial charge on any atom is 0.573 e. The first-order valence-corrected chi connectivity index (χ1v) is 6.81. The van der Waals surface area contributed by atoms with E-state index in [-0.39, 0.29) is 17.0 Å². The van der Waals surface area contributed by atoms with Crippen LogP contribution in [0.1, 0.15) is 12.7 Å². The van der Waals surface area contributed by atoms with E-state index in [9.17, 15) is 22.0 Å². The van der Waals surface area contributed by atoms with Crippen LogP contribution in [0.2, 0.25) is 0 Å². The fourth-order valence-electron chi connectivity index (χ4n) is 2.16. The van der Waals surface area contributed by atoms with Crippen molar-refractivity contribution in [2.45, 2.75) is 19.2 Å². The van der Waals surface area contributed by atoms with Crippen molar-refractivity contribution in [3.63, 3.8) is 0 Å². The number of hydrogen-bond donors (Lipinski definition) is 1. The zero-order valence-corrected chi connectivity index (χ0v) is 12.6. The van der Waals surface area contributed by atoms with E-state index in [0.29, 0.717) is 12.5 Å². The molecule has 0 saturated carbocycles. The first-order valence-electron chi connectivity index (χ1n) is 6.81. The summed E-state index contributed by atoms with van der Waals surface area (Å²) in [6.45, 7) is 0.643. The normalized spacial score (nSPS) is 12.6. The van der Waals surface area contributed by atoms with Crippen molar-refractivity contribution >= 4 is 11.3 Å². The van der Waals surface area contributed by atoms with Crippen molar-refractivity contribution < 1.29 is 26.7 Å². The summed E-state index contributed by atoms with van der Waals surface area (Å²) in [7, 11) is 0. The number of alkyl halides is 5. The summed E-state index contributed by atoms with van der Waals surface area (Å²) in [6.07, 6.45) is -4.82. The monoisotopic (exact) mass is 359 g/mol. The molecule has 25 heavy (non-hydrogen) atoms. The van der Waals surface area contributed by atoms with Gasteiger partial charge in [0.2, 0.25) is 5.82 Å². The van der Waals surface area contributed by atoms with Gasteiger partial charge in [0.15, 0.2) is 5.65 Å². The molecule has 0 aliphatic carbocycles. The third-order valence-corrected chi connectivity index (χ3v) is 3.18. The van der Waals surface area contributed by atoms with Gasteiger partial charge in [-0.15, -0.1) is 23.4 Å². The van der Waals surface area contributed by atoms with Gasteiger partial charge in [0, 0.05) is 18.6 Å². The number of anilines is 1. The van der Waals surface area contributed by atoms with Crippen molar-refractivity contribution in [3.8, 4) is 17.0 Å². The lowest BCUT2D eigenvalue weighted by atomic mass is 10.1. The molecule has 6 nitrogen and oxygen atoms in total. The third kappa shape index (κ3) is 3.44. The average Bonchev–Trinajstić information content (AvgIpc) is 2.88. The third-order valence-electron chi connectivity index (χ3n) is 3.18. The number of ether oxygens (including phenoxy) is 1. The number of nitrogens with two attached hydrogens (primary N) is 1. The van der Waals surface area contributed by atoms with Crippen molar-refractivity contribution in [2.75, 3.05) is 5.73 Å². The van der Waals surface area contributed by atoms with Crippen LogP contribution in [0.4, 0.5) is 27.6 Å². The van der Waals surface area contributed by atoms with Gasteiger partial charge in [-0.1, -0.05) is 0 Å². The fourth-order valence-corrected chi connectivity index (χ4v) is 2.16. The van der Waals surface area contributed by atoms with Crippen LogP contribution in [-0.4, -0.2) is 26.2 Å². The Balaban J connectivity index is 2.04. The molecule has 0 aliphatic rings. The number of hydrogen-bond acceptors (Lipinski definition) is 5. The highest BCUT2D eigenvalue weighted by Gasteiger charge is 2.32. The number of nitrogens with zero attached hydrogens (tertiary/aromatic N) is 4. The Morgan fingerprint density at radius 3 is 2.24 bits per heavy atom. The highest BCUT2D eigenvalue weighted by atomic mass is 19.4. The number of aromatic nitrogens is 4. The van der Waals surface area contributed by atoms with Crippen molar-refractivity contribution in [1.82, 2.24) is 19.8 Å². The maximum absolute atomic E-state index is 13.5. The number of fused-ring (bicyclic) bond motifs is 1. The van der Waals surface area contributed by atoms with Crippen LogP contribution in [0.15, 0.2) is 30.3 Å². The van der Waals surface area contributed by atoms with Crippen molar-refractivity contribution in [3.05, 3.63) is 36.2 Å². The summed E-state index contributed by atoms with van der Waals surface area (Å²) in [5.74, 6) is -4.40. The maximum atomic E-state index is 13.5. The molecule has 0 amide bonds. The molecule has 11 heteroatoms. The molecule has 3 aromatic rings. The molecule has 0 saturated heterocycles. The second-order valence-corrected chi connectivity index (χ2v) is 5.20. The number of rotatable bonds is 3. The summed E-state index contributed by atoms with van der Waals surface area (Å²) in [5, 5.41) is 11.0. The zero-order valence-electron chi connectivity index (χ0n) is 12.6. The van der Waals surface area contributed by atoms with E-state index < -0.39 is 23.9 Å². The van der Waals surface area contributed by atoms with Crippen LogP contribution >= 0.6 is 0 Å². The minimum Gasteiger partial charge on any atom is -0.406 e. The minimum atomic E-state index is -4.82. The predicted molar refractivity (Wildman–Crippen MR) is 76.9 cm³/mol. The van der Waals surface area contributed by atoms with E-state index in [2.05, 4.69) is 20.0 Å². The van der Waals surface area contributed by atoms with E-state index in [1.165, 1.54) is 18.2 Å². The molecule has 2 heterocycles. The summed E-state index contributed by atoms with van der Waals surface area (Å²) < 4.78 is 68.2. The van der Waals surface area contributed by atoms with Gasteiger partial charge in [-0.25, -0.2) is 0 Å². The van der Waals surface area contributed by atoms with Gasteiger partial charge < -0.3 is 10.5 Å². The molecule has 0 aliphatic heterocycles. The number of halogens is 5. The molecule has 0 radical (unpaired) electrons. The van der Waals surface area contributed by atoms with E-state index in [0.717, 1.165) is 16.6 Å². The highest BCUT2D eigenvalue weighted by molar-refractivity contribution is 5.74. The standard InChI is InChI=1S/C14H10F5N5O/c1-13(15,16)12-22-21-10-6-9(20)11(23-24(10)12)7-2-4-8(5-3-7)25-14(17,18)19/h2-6H,20H2,1H3. The van der Waals surface area contributed by atoms with Gasteiger partial charge in [0.05, 0.1) is 5.69 Å². The van der Waals surface area contributed by atoms with Gasteiger partial charge in [-0.05, 0) is 24.3 Å². The highest BCUT2D eigenvalue weighted by Crippen LogP contribution is 2.30. The Labute approximate surface area is 137 Å². The Morgan fingerprint density at radius 2 is 1.68 bits per heavy atom. The predicted octanol–water partition coefficient (Wildman–Crippen LogP) is 3.38. The summed E-state index contributed by atoms with van der Waals surface area (Å²) in [5.41, 5.74) is 6.37. The van der Waals surface area contributed by atoms with Gasteiger partial charge >= 0.3 is 12.3 Å². The van der Waals surface area contributed by atoms with Crippen LogP contribution < -0.4 is 10.5 Å². The molecular formula is C14H10F5N5O. The summed E-state index contributed by atoms with van der Waals surface area (Å²) in [4.78, 5) is 0. The second kappa shape index (κ2) is 5.53. The van der Waals surface area contributed by atoms with E-state index in [1.807, 2.05) is 0 Å². The Bertz CT molecular complexity index is 914. The first-order chi connectivity index (χ1) is 11.5. The molecule has 0 bridgehead atoms. The molecule has 1 aromatic carbocycles. The molecular weight excluding hydrogens is 349 g/mol. The van der Waals surface area contributed by atoms with Gasteiger partial charge in [-0.2, -0.15) is 18.4 Å². The lowest BCUT2D eigenvalue weighted by molar-refractivity contribution is -0.274. The summed E-state index contributed by atoms with van der Waals surface area (Å²) in [6, 6.07) is 5.98. The first kappa shape index (κ1) is 16.9. The largest absolute Gasteiger partial charge is 0.573 e. The SMILES string of the molecule is CC(F)(F)c1nnc2cc(N)c(-c3ccc(OC(F)(F)F)cc3)nn12. The number of nitrogen functional groups attached to an aromatic ring is 1. The second-order valence-electron chi connectivity index (χ2n) is 5.20. The molecule has 0 fully saturated rings. The minimum absolute atomic E-state index is 0.0230. The molecule has 2 N–H and O–H groups in total.